The minimum absolute atomic E-state index is 0. The molecule has 0 heterocycles. The normalized spacial score (nSPS) is 10.1. The first-order chi connectivity index (χ1) is 8.52. The zero-order valence-corrected chi connectivity index (χ0v) is 11.6. The van der Waals surface area contributed by atoms with Gasteiger partial charge in [0.1, 0.15) is 0 Å². The molecule has 0 spiro atoms. The highest BCUT2D eigenvalue weighted by Gasteiger charge is 2.17. The van der Waals surface area contributed by atoms with Gasteiger partial charge < -0.3 is 10.6 Å². The van der Waals surface area contributed by atoms with Gasteiger partial charge in [-0.05, 0) is 24.1 Å². The summed E-state index contributed by atoms with van der Waals surface area (Å²) in [5.74, 6) is -0.276. The van der Waals surface area contributed by atoms with Crippen LogP contribution in [0.2, 0.25) is 0 Å². The summed E-state index contributed by atoms with van der Waals surface area (Å²) >= 11 is 0. The largest absolute Gasteiger partial charge is 0.399 e. The monoisotopic (exact) mass is 292 g/mol. The van der Waals surface area contributed by atoms with Gasteiger partial charge in [-0.25, -0.2) is 8.78 Å². The number of nitrogens with zero attached hydrogens (tertiary/aromatic N) is 1. The molecule has 1 rings (SSSR count). The zero-order chi connectivity index (χ0) is 13.5. The molecule has 6 heteroatoms. The quantitative estimate of drug-likeness (QED) is 0.820. The summed E-state index contributed by atoms with van der Waals surface area (Å²) in [4.78, 5) is 13.1. The maximum atomic E-state index is 12.3. The second-order valence-corrected chi connectivity index (χ2v) is 4.15. The Morgan fingerprint density at radius 3 is 2.37 bits per heavy atom. The summed E-state index contributed by atoms with van der Waals surface area (Å²) in [6.07, 6.45) is -1.69. The number of amides is 1. The number of anilines is 1. The Labute approximate surface area is 118 Å². The fourth-order valence-corrected chi connectivity index (χ4v) is 1.68. The van der Waals surface area contributed by atoms with Crippen LogP contribution >= 0.6 is 12.4 Å². The van der Waals surface area contributed by atoms with Crippen molar-refractivity contribution in [2.75, 3.05) is 18.8 Å². The summed E-state index contributed by atoms with van der Waals surface area (Å²) in [6, 6.07) is 6.86. The number of benzene rings is 1. The van der Waals surface area contributed by atoms with Crippen LogP contribution < -0.4 is 5.73 Å². The van der Waals surface area contributed by atoms with Crippen molar-refractivity contribution in [2.45, 2.75) is 26.2 Å². The van der Waals surface area contributed by atoms with Crippen LogP contribution in [0.4, 0.5) is 14.5 Å². The second kappa shape index (κ2) is 8.69. The predicted octanol–water partition coefficient (Wildman–Crippen LogP) is 2.74. The lowest BCUT2D eigenvalue weighted by molar-refractivity contribution is -0.132. The SMILES string of the molecule is CCCN(CC(F)F)C(=O)Cc1ccc(N)cc1.Cl. The Hall–Kier alpha value is -1.36. The van der Waals surface area contributed by atoms with Crippen molar-refractivity contribution in [2.24, 2.45) is 0 Å². The number of halogens is 3. The fraction of sp³-hybridized carbons (Fsp3) is 0.462. The number of hydrogen-bond acceptors (Lipinski definition) is 2. The maximum Gasteiger partial charge on any atom is 0.255 e. The highest BCUT2D eigenvalue weighted by molar-refractivity contribution is 5.85. The maximum absolute atomic E-state index is 12.3. The number of rotatable bonds is 6. The molecule has 1 amide bonds. The van der Waals surface area contributed by atoms with Gasteiger partial charge in [0.05, 0.1) is 13.0 Å². The van der Waals surface area contributed by atoms with Gasteiger partial charge in [-0.3, -0.25) is 4.79 Å². The summed E-state index contributed by atoms with van der Waals surface area (Å²) in [7, 11) is 0. The molecule has 0 bridgehead atoms. The zero-order valence-electron chi connectivity index (χ0n) is 10.8. The minimum Gasteiger partial charge on any atom is -0.399 e. The molecular formula is C13H19ClF2N2O. The molecule has 0 unspecified atom stereocenters. The standard InChI is InChI=1S/C13H18F2N2O.ClH/c1-2-7-17(9-12(14)15)13(18)8-10-3-5-11(16)6-4-10;/h3-6,12H,2,7-9,16H2,1H3;1H. The number of carbonyl (C=O) groups excluding carboxylic acids is 1. The van der Waals surface area contributed by atoms with Crippen molar-refractivity contribution in [1.29, 1.82) is 0 Å². The lowest BCUT2D eigenvalue weighted by atomic mass is 10.1. The number of nitrogens with two attached hydrogens (primary N) is 1. The highest BCUT2D eigenvalue weighted by atomic mass is 35.5. The third-order valence-corrected chi connectivity index (χ3v) is 2.54. The summed E-state index contributed by atoms with van der Waals surface area (Å²) in [6.45, 7) is 1.72. The van der Waals surface area contributed by atoms with Gasteiger partial charge in [-0.2, -0.15) is 0 Å². The van der Waals surface area contributed by atoms with Gasteiger partial charge in [-0.15, -0.1) is 12.4 Å². The van der Waals surface area contributed by atoms with Gasteiger partial charge in [0, 0.05) is 12.2 Å². The van der Waals surface area contributed by atoms with Crippen molar-refractivity contribution < 1.29 is 13.6 Å². The number of nitrogen functional groups attached to an aromatic ring is 1. The molecule has 0 fully saturated rings. The molecule has 0 saturated carbocycles. The average Bonchev–Trinajstić information content (AvgIpc) is 2.31. The van der Waals surface area contributed by atoms with Gasteiger partial charge in [0.25, 0.3) is 6.43 Å². The first-order valence-electron chi connectivity index (χ1n) is 5.93. The van der Waals surface area contributed by atoms with Crippen LogP contribution in [0.15, 0.2) is 24.3 Å². The topological polar surface area (TPSA) is 46.3 Å². The van der Waals surface area contributed by atoms with E-state index in [9.17, 15) is 13.6 Å². The van der Waals surface area contributed by atoms with E-state index in [1.807, 2.05) is 6.92 Å². The van der Waals surface area contributed by atoms with E-state index < -0.39 is 13.0 Å². The van der Waals surface area contributed by atoms with Crippen molar-refractivity contribution in [3.63, 3.8) is 0 Å². The smallest absolute Gasteiger partial charge is 0.255 e. The first-order valence-corrected chi connectivity index (χ1v) is 5.93. The molecule has 1 aromatic rings. The molecule has 0 radical (unpaired) electrons. The molecule has 0 atom stereocenters. The Kier molecular flexibility index (Phi) is 8.07. The Bertz CT molecular complexity index is 385. The highest BCUT2D eigenvalue weighted by Crippen LogP contribution is 2.09. The van der Waals surface area contributed by atoms with E-state index in [-0.39, 0.29) is 24.7 Å². The molecule has 0 aliphatic heterocycles. The Morgan fingerprint density at radius 1 is 1.32 bits per heavy atom. The van der Waals surface area contributed by atoms with Crippen LogP contribution in [0.5, 0.6) is 0 Å². The van der Waals surface area contributed by atoms with Gasteiger partial charge in [-0.1, -0.05) is 19.1 Å². The van der Waals surface area contributed by atoms with Crippen LogP contribution in [0.3, 0.4) is 0 Å². The van der Waals surface area contributed by atoms with E-state index >= 15 is 0 Å². The molecule has 1 aromatic carbocycles. The fourth-order valence-electron chi connectivity index (χ4n) is 1.68. The molecule has 2 N–H and O–H groups in total. The van der Waals surface area contributed by atoms with E-state index in [4.69, 9.17) is 5.73 Å². The van der Waals surface area contributed by atoms with Crippen molar-refractivity contribution in [3.05, 3.63) is 29.8 Å². The lowest BCUT2D eigenvalue weighted by Gasteiger charge is -2.21. The number of hydrogen-bond donors (Lipinski definition) is 1. The molecule has 0 aliphatic rings. The third kappa shape index (κ3) is 6.38. The van der Waals surface area contributed by atoms with Crippen LogP contribution in [0.1, 0.15) is 18.9 Å². The average molecular weight is 293 g/mol. The van der Waals surface area contributed by atoms with Gasteiger partial charge in [0.2, 0.25) is 5.91 Å². The number of carbonyl (C=O) groups is 1. The Balaban J connectivity index is 0.00000324. The van der Waals surface area contributed by atoms with E-state index in [1.54, 1.807) is 24.3 Å². The predicted molar refractivity (Wildman–Crippen MR) is 74.7 cm³/mol. The Morgan fingerprint density at radius 2 is 1.89 bits per heavy atom. The molecule has 108 valence electrons. The van der Waals surface area contributed by atoms with Gasteiger partial charge in [0.15, 0.2) is 0 Å². The molecule has 0 saturated heterocycles. The van der Waals surface area contributed by atoms with E-state index in [2.05, 4.69) is 0 Å². The third-order valence-electron chi connectivity index (χ3n) is 2.54. The summed E-state index contributed by atoms with van der Waals surface area (Å²) in [5.41, 5.74) is 6.93. The van der Waals surface area contributed by atoms with E-state index in [0.717, 1.165) is 5.56 Å². The second-order valence-electron chi connectivity index (χ2n) is 4.15. The lowest BCUT2D eigenvalue weighted by Crippen LogP contribution is -2.36. The van der Waals surface area contributed by atoms with Crippen LogP contribution in [-0.4, -0.2) is 30.3 Å². The van der Waals surface area contributed by atoms with Crippen molar-refractivity contribution in [3.8, 4) is 0 Å². The first kappa shape index (κ1) is 17.6. The number of alkyl halides is 2. The van der Waals surface area contributed by atoms with Crippen molar-refractivity contribution in [1.82, 2.24) is 4.90 Å². The molecule has 19 heavy (non-hydrogen) atoms. The minimum atomic E-state index is -2.49. The molecule has 0 aromatic heterocycles. The van der Waals surface area contributed by atoms with Crippen LogP contribution in [-0.2, 0) is 11.2 Å². The van der Waals surface area contributed by atoms with Crippen LogP contribution in [0.25, 0.3) is 0 Å². The summed E-state index contributed by atoms with van der Waals surface area (Å²) in [5, 5.41) is 0. The van der Waals surface area contributed by atoms with Crippen LogP contribution in [0, 0.1) is 0 Å². The van der Waals surface area contributed by atoms with E-state index in [1.165, 1.54) is 4.90 Å². The van der Waals surface area contributed by atoms with E-state index in [0.29, 0.717) is 18.7 Å². The molecular weight excluding hydrogens is 274 g/mol. The molecule has 0 aliphatic carbocycles. The van der Waals surface area contributed by atoms with Crippen molar-refractivity contribution >= 4 is 24.0 Å². The van der Waals surface area contributed by atoms with Gasteiger partial charge >= 0.3 is 0 Å². The summed E-state index contributed by atoms with van der Waals surface area (Å²) < 4.78 is 24.7. The molecule has 3 nitrogen and oxygen atoms in total.